The molecule has 4 aromatic rings. The summed E-state index contributed by atoms with van der Waals surface area (Å²) in [5.74, 6) is 0.0902. The van der Waals surface area contributed by atoms with Crippen molar-refractivity contribution in [3.8, 4) is 11.1 Å². The summed E-state index contributed by atoms with van der Waals surface area (Å²) >= 11 is 1.55. The van der Waals surface area contributed by atoms with Gasteiger partial charge >= 0.3 is 5.97 Å². The Kier molecular flexibility index (Phi) is 4.79. The summed E-state index contributed by atoms with van der Waals surface area (Å²) in [6.45, 7) is 4.34. The second kappa shape index (κ2) is 7.40. The van der Waals surface area contributed by atoms with E-state index in [1.54, 1.807) is 35.6 Å². The predicted molar refractivity (Wildman–Crippen MR) is 114 cm³/mol. The Morgan fingerprint density at radius 2 is 1.82 bits per heavy atom. The Morgan fingerprint density at radius 1 is 1.07 bits per heavy atom. The number of anilines is 2. The van der Waals surface area contributed by atoms with Crippen LogP contribution in [-0.2, 0) is 0 Å². The average Bonchev–Trinajstić information content (AvgIpc) is 3.13. The van der Waals surface area contributed by atoms with E-state index in [1.165, 1.54) is 11.9 Å². The van der Waals surface area contributed by atoms with Crippen molar-refractivity contribution in [2.75, 3.05) is 5.32 Å². The van der Waals surface area contributed by atoms with Crippen LogP contribution in [-0.4, -0.2) is 21.0 Å². The van der Waals surface area contributed by atoms with Crippen LogP contribution in [0, 0.1) is 0 Å². The van der Waals surface area contributed by atoms with E-state index in [2.05, 4.69) is 58.8 Å². The number of hydrogen-bond acceptors (Lipinski definition) is 5. The molecule has 0 saturated heterocycles. The molecule has 5 nitrogen and oxygen atoms in total. The zero-order valence-corrected chi connectivity index (χ0v) is 16.3. The molecule has 2 aromatic carbocycles. The molecule has 28 heavy (non-hydrogen) atoms. The molecule has 2 aromatic heterocycles. The van der Waals surface area contributed by atoms with Gasteiger partial charge in [-0.3, -0.25) is 0 Å². The van der Waals surface area contributed by atoms with Crippen LogP contribution >= 0.6 is 11.3 Å². The SMILES string of the molecule is CC(C)c1ccc(-c2csc3ncnc(Nc4ccccc4C(=O)O)c23)cc1. The zero-order valence-electron chi connectivity index (χ0n) is 15.5. The van der Waals surface area contributed by atoms with E-state index >= 15 is 0 Å². The maximum Gasteiger partial charge on any atom is 0.337 e. The topological polar surface area (TPSA) is 75.1 Å². The van der Waals surface area contributed by atoms with Gasteiger partial charge in [0, 0.05) is 10.9 Å². The highest BCUT2D eigenvalue weighted by Gasteiger charge is 2.16. The lowest BCUT2D eigenvalue weighted by Crippen LogP contribution is -2.03. The first-order valence-corrected chi connectivity index (χ1v) is 9.84. The molecule has 6 heteroatoms. The fraction of sp³-hybridized carbons (Fsp3) is 0.136. The molecule has 2 N–H and O–H groups in total. The second-order valence-corrected chi connectivity index (χ2v) is 7.66. The smallest absolute Gasteiger partial charge is 0.337 e. The van der Waals surface area contributed by atoms with Gasteiger partial charge in [0.05, 0.1) is 16.6 Å². The van der Waals surface area contributed by atoms with Gasteiger partial charge in [0.15, 0.2) is 0 Å². The van der Waals surface area contributed by atoms with E-state index in [0.29, 0.717) is 17.4 Å². The number of carboxylic acids is 1. The monoisotopic (exact) mass is 389 g/mol. The molecule has 0 fully saturated rings. The lowest BCUT2D eigenvalue weighted by Gasteiger charge is -2.11. The van der Waals surface area contributed by atoms with E-state index in [1.807, 2.05) is 0 Å². The molecule has 0 unspecified atom stereocenters. The first-order valence-electron chi connectivity index (χ1n) is 8.96. The number of hydrogen-bond donors (Lipinski definition) is 2. The Morgan fingerprint density at radius 3 is 2.54 bits per heavy atom. The van der Waals surface area contributed by atoms with Crippen molar-refractivity contribution in [1.82, 2.24) is 9.97 Å². The van der Waals surface area contributed by atoms with Crippen molar-refractivity contribution in [1.29, 1.82) is 0 Å². The largest absolute Gasteiger partial charge is 0.478 e. The van der Waals surface area contributed by atoms with Gasteiger partial charge in [-0.1, -0.05) is 50.2 Å². The summed E-state index contributed by atoms with van der Waals surface area (Å²) in [4.78, 5) is 21.2. The molecule has 0 aliphatic heterocycles. The number of thiophene rings is 1. The standard InChI is InChI=1S/C22H19N3O2S/c1-13(2)14-7-9-15(10-8-14)17-11-28-21-19(17)20(23-12-24-21)25-18-6-4-3-5-16(18)22(26)27/h3-13H,1-2H3,(H,26,27)(H,23,24,25). The number of rotatable bonds is 5. The van der Waals surface area contributed by atoms with Crippen molar-refractivity contribution in [2.24, 2.45) is 0 Å². The summed E-state index contributed by atoms with van der Waals surface area (Å²) in [5.41, 5.74) is 4.11. The van der Waals surface area contributed by atoms with E-state index in [-0.39, 0.29) is 5.56 Å². The third-order valence-corrected chi connectivity index (χ3v) is 5.56. The van der Waals surface area contributed by atoms with Crippen LogP contribution in [0.1, 0.15) is 35.7 Å². The van der Waals surface area contributed by atoms with Crippen LogP contribution in [0.4, 0.5) is 11.5 Å². The van der Waals surface area contributed by atoms with E-state index in [4.69, 9.17) is 0 Å². The summed E-state index contributed by atoms with van der Waals surface area (Å²) in [6.07, 6.45) is 1.50. The van der Waals surface area contributed by atoms with Gasteiger partial charge in [-0.2, -0.15) is 0 Å². The van der Waals surface area contributed by atoms with E-state index in [9.17, 15) is 9.90 Å². The van der Waals surface area contributed by atoms with Gasteiger partial charge in [0.25, 0.3) is 0 Å². The zero-order chi connectivity index (χ0) is 19.7. The highest BCUT2D eigenvalue weighted by molar-refractivity contribution is 7.17. The molecule has 0 bridgehead atoms. The number of carboxylic acid groups (broad SMARTS) is 1. The molecular weight excluding hydrogens is 370 g/mol. The molecule has 0 saturated carbocycles. The van der Waals surface area contributed by atoms with Crippen LogP contribution in [0.25, 0.3) is 21.3 Å². The number of aromatic nitrogens is 2. The van der Waals surface area contributed by atoms with Crippen LogP contribution in [0.2, 0.25) is 0 Å². The van der Waals surface area contributed by atoms with Gasteiger partial charge < -0.3 is 10.4 Å². The summed E-state index contributed by atoms with van der Waals surface area (Å²) < 4.78 is 0. The molecule has 4 rings (SSSR count). The third-order valence-electron chi connectivity index (χ3n) is 4.67. The average molecular weight is 389 g/mol. The molecule has 0 radical (unpaired) electrons. The molecule has 2 heterocycles. The van der Waals surface area contributed by atoms with Gasteiger partial charge in [-0.25, -0.2) is 14.8 Å². The first kappa shape index (κ1) is 18.1. The Hall–Kier alpha value is -3.25. The minimum absolute atomic E-state index is 0.201. The van der Waals surface area contributed by atoms with E-state index < -0.39 is 5.97 Å². The molecule has 140 valence electrons. The number of carbonyl (C=O) groups is 1. The van der Waals surface area contributed by atoms with Crippen LogP contribution in [0.15, 0.2) is 60.2 Å². The number of fused-ring (bicyclic) bond motifs is 1. The van der Waals surface area contributed by atoms with Gasteiger partial charge in [-0.05, 0) is 29.2 Å². The predicted octanol–water partition coefficient (Wildman–Crippen LogP) is 5.92. The fourth-order valence-electron chi connectivity index (χ4n) is 3.14. The summed E-state index contributed by atoms with van der Waals surface area (Å²) in [6, 6.07) is 15.3. The number of nitrogens with one attached hydrogen (secondary N) is 1. The summed E-state index contributed by atoms with van der Waals surface area (Å²) in [5, 5.41) is 15.6. The normalized spacial score (nSPS) is 11.1. The maximum atomic E-state index is 11.5. The van der Waals surface area contributed by atoms with Crippen molar-refractivity contribution < 1.29 is 9.90 Å². The lowest BCUT2D eigenvalue weighted by atomic mass is 9.99. The van der Waals surface area contributed by atoms with Crippen molar-refractivity contribution >= 4 is 39.0 Å². The number of para-hydroxylation sites is 1. The lowest BCUT2D eigenvalue weighted by molar-refractivity contribution is 0.0698. The molecule has 0 atom stereocenters. The third kappa shape index (κ3) is 3.34. The minimum atomic E-state index is -0.983. The molecule has 0 spiro atoms. The summed E-state index contributed by atoms with van der Waals surface area (Å²) in [7, 11) is 0. The molecular formula is C22H19N3O2S. The van der Waals surface area contributed by atoms with Gasteiger partial charge in [0.2, 0.25) is 0 Å². The minimum Gasteiger partial charge on any atom is -0.478 e. The molecule has 0 aliphatic carbocycles. The second-order valence-electron chi connectivity index (χ2n) is 6.80. The van der Waals surface area contributed by atoms with Crippen LogP contribution < -0.4 is 5.32 Å². The highest BCUT2D eigenvalue weighted by Crippen LogP contribution is 2.38. The van der Waals surface area contributed by atoms with Crippen molar-refractivity contribution in [2.45, 2.75) is 19.8 Å². The Labute approximate surface area is 166 Å². The Bertz CT molecular complexity index is 1150. The molecule has 0 aliphatic rings. The fourth-order valence-corrected chi connectivity index (χ4v) is 4.05. The van der Waals surface area contributed by atoms with Crippen LogP contribution in [0.3, 0.4) is 0 Å². The quantitative estimate of drug-likeness (QED) is 0.443. The number of aromatic carboxylic acids is 1. The van der Waals surface area contributed by atoms with E-state index in [0.717, 1.165) is 21.3 Å². The number of nitrogens with zero attached hydrogens (tertiary/aromatic N) is 2. The number of benzene rings is 2. The molecule has 0 amide bonds. The van der Waals surface area contributed by atoms with Gasteiger partial charge in [0.1, 0.15) is 17.0 Å². The van der Waals surface area contributed by atoms with Crippen LogP contribution in [0.5, 0.6) is 0 Å². The van der Waals surface area contributed by atoms with Crippen molar-refractivity contribution in [3.05, 3.63) is 71.4 Å². The first-order chi connectivity index (χ1) is 13.5. The maximum absolute atomic E-state index is 11.5. The van der Waals surface area contributed by atoms with Crippen molar-refractivity contribution in [3.63, 3.8) is 0 Å². The highest BCUT2D eigenvalue weighted by atomic mass is 32.1. The van der Waals surface area contributed by atoms with Gasteiger partial charge in [-0.15, -0.1) is 11.3 Å². The Balaban J connectivity index is 1.81.